The first-order valence-corrected chi connectivity index (χ1v) is 5.52. The smallest absolute Gasteiger partial charge is 0.157 e. The summed E-state index contributed by atoms with van der Waals surface area (Å²) >= 11 is 0. The van der Waals surface area contributed by atoms with E-state index in [9.17, 15) is 0 Å². The molecule has 2 heterocycles. The lowest BCUT2D eigenvalue weighted by atomic mass is 10.1. The van der Waals surface area contributed by atoms with Gasteiger partial charge in [-0.05, 0) is 12.1 Å². The number of para-hydroxylation sites is 1. The Kier molecular flexibility index (Phi) is 2.37. The molecule has 0 amide bonds. The molecule has 0 saturated heterocycles. The highest BCUT2D eigenvalue weighted by atomic mass is 16.5. The van der Waals surface area contributed by atoms with Gasteiger partial charge in [0, 0.05) is 18.0 Å². The summed E-state index contributed by atoms with van der Waals surface area (Å²) in [6.45, 7) is 0. The van der Waals surface area contributed by atoms with Crippen LogP contribution in [-0.4, -0.2) is 21.5 Å². The molecule has 0 aliphatic carbocycles. The van der Waals surface area contributed by atoms with E-state index in [1.807, 2.05) is 24.3 Å². The molecule has 3 aromatic rings. The number of imidazole rings is 1. The highest BCUT2D eigenvalue weighted by molar-refractivity contribution is 5.78. The molecule has 0 atom stereocenters. The molecule has 0 fully saturated rings. The number of nitrogens with two attached hydrogens (primary N) is 1. The fraction of sp³-hybridized carbons (Fsp3) is 0.0769. The Morgan fingerprint density at radius 1 is 1.28 bits per heavy atom. The third-order valence-electron chi connectivity index (χ3n) is 2.83. The number of fused-ring (bicyclic) bond motifs is 1. The molecule has 2 N–H and O–H groups in total. The Labute approximate surface area is 104 Å². The summed E-state index contributed by atoms with van der Waals surface area (Å²) in [6, 6.07) is 7.66. The molecule has 1 aromatic carbocycles. The first-order chi connectivity index (χ1) is 8.81. The highest BCUT2D eigenvalue weighted by Gasteiger charge is 2.14. The number of ether oxygens (including phenoxy) is 1. The van der Waals surface area contributed by atoms with Crippen LogP contribution in [0.15, 0.2) is 42.9 Å². The van der Waals surface area contributed by atoms with Gasteiger partial charge in [0.15, 0.2) is 5.65 Å². The summed E-state index contributed by atoms with van der Waals surface area (Å²) in [5.41, 5.74) is 8.42. The van der Waals surface area contributed by atoms with Crippen LogP contribution < -0.4 is 10.5 Å². The van der Waals surface area contributed by atoms with Gasteiger partial charge in [-0.3, -0.25) is 9.38 Å². The van der Waals surface area contributed by atoms with Crippen LogP contribution in [0.1, 0.15) is 0 Å². The van der Waals surface area contributed by atoms with E-state index in [0.717, 1.165) is 17.0 Å². The van der Waals surface area contributed by atoms with E-state index in [1.54, 1.807) is 30.1 Å². The van der Waals surface area contributed by atoms with Gasteiger partial charge in [-0.1, -0.05) is 12.1 Å². The van der Waals surface area contributed by atoms with Crippen molar-refractivity contribution in [1.82, 2.24) is 14.4 Å². The van der Waals surface area contributed by atoms with E-state index in [0.29, 0.717) is 11.5 Å². The molecule has 18 heavy (non-hydrogen) atoms. The van der Waals surface area contributed by atoms with Crippen LogP contribution in [0, 0.1) is 0 Å². The van der Waals surface area contributed by atoms with Gasteiger partial charge in [-0.25, -0.2) is 4.98 Å². The van der Waals surface area contributed by atoms with Crippen LogP contribution in [0.5, 0.6) is 5.75 Å². The summed E-state index contributed by atoms with van der Waals surface area (Å²) in [7, 11) is 1.63. The molecular weight excluding hydrogens is 228 g/mol. The van der Waals surface area contributed by atoms with Crippen molar-refractivity contribution in [3.63, 3.8) is 0 Å². The van der Waals surface area contributed by atoms with Gasteiger partial charge < -0.3 is 10.5 Å². The van der Waals surface area contributed by atoms with E-state index in [-0.39, 0.29) is 0 Å². The lowest BCUT2D eigenvalue weighted by Gasteiger charge is -2.06. The number of aromatic nitrogens is 3. The highest BCUT2D eigenvalue weighted by Crippen LogP contribution is 2.32. The average Bonchev–Trinajstić information content (AvgIpc) is 2.76. The van der Waals surface area contributed by atoms with Gasteiger partial charge in [0.25, 0.3) is 0 Å². The maximum Gasteiger partial charge on any atom is 0.157 e. The first kappa shape index (κ1) is 10.6. The Balaban J connectivity index is 2.28. The molecule has 0 aliphatic heterocycles. The molecule has 0 unspecified atom stereocenters. The molecule has 5 heteroatoms. The molecule has 0 bridgehead atoms. The van der Waals surface area contributed by atoms with Gasteiger partial charge in [0.2, 0.25) is 0 Å². The predicted octanol–water partition coefficient (Wildman–Crippen LogP) is 1.99. The zero-order valence-corrected chi connectivity index (χ0v) is 9.87. The third-order valence-corrected chi connectivity index (χ3v) is 2.83. The van der Waals surface area contributed by atoms with Crippen molar-refractivity contribution < 1.29 is 4.74 Å². The average molecular weight is 240 g/mol. The number of methoxy groups -OCH3 is 1. The van der Waals surface area contributed by atoms with Gasteiger partial charge in [0.05, 0.1) is 13.3 Å². The molecule has 0 aliphatic rings. The van der Waals surface area contributed by atoms with Gasteiger partial charge in [-0.2, -0.15) is 0 Å². The molecule has 2 aromatic heterocycles. The topological polar surface area (TPSA) is 65.4 Å². The number of hydrogen-bond donors (Lipinski definition) is 1. The predicted molar refractivity (Wildman–Crippen MR) is 69.4 cm³/mol. The Bertz CT molecular complexity index is 705. The molecule has 0 saturated carbocycles. The normalized spacial score (nSPS) is 10.7. The van der Waals surface area contributed by atoms with Gasteiger partial charge >= 0.3 is 0 Å². The second-order valence-electron chi connectivity index (χ2n) is 3.85. The van der Waals surface area contributed by atoms with Crippen LogP contribution in [0.2, 0.25) is 0 Å². The van der Waals surface area contributed by atoms with E-state index in [2.05, 4.69) is 9.97 Å². The minimum Gasteiger partial charge on any atom is -0.496 e. The summed E-state index contributed by atoms with van der Waals surface area (Å²) in [5, 5.41) is 0. The second kappa shape index (κ2) is 4.03. The number of hydrogen-bond acceptors (Lipinski definition) is 4. The van der Waals surface area contributed by atoms with Crippen molar-refractivity contribution in [1.29, 1.82) is 0 Å². The van der Waals surface area contributed by atoms with Crippen molar-refractivity contribution >= 4 is 11.5 Å². The molecular formula is C13H12N4O. The standard InChI is InChI=1S/C13H12N4O/c1-18-10-5-3-2-4-9(10)12-13(14)17-7-6-15-8-11(17)16-12/h2-8H,14H2,1H3. The summed E-state index contributed by atoms with van der Waals surface area (Å²) in [5.74, 6) is 1.33. The largest absolute Gasteiger partial charge is 0.496 e. The molecule has 3 rings (SSSR count). The number of nitrogen functional groups attached to an aromatic ring is 1. The van der Waals surface area contributed by atoms with Crippen molar-refractivity contribution in [2.75, 3.05) is 12.8 Å². The van der Waals surface area contributed by atoms with Crippen molar-refractivity contribution in [3.05, 3.63) is 42.9 Å². The second-order valence-corrected chi connectivity index (χ2v) is 3.85. The van der Waals surface area contributed by atoms with Crippen LogP contribution in [0.4, 0.5) is 5.82 Å². The number of nitrogens with zero attached hydrogens (tertiary/aromatic N) is 3. The zero-order valence-electron chi connectivity index (χ0n) is 9.87. The van der Waals surface area contributed by atoms with Crippen LogP contribution in [0.25, 0.3) is 16.9 Å². The quantitative estimate of drug-likeness (QED) is 0.744. The minimum absolute atomic E-state index is 0.580. The summed E-state index contributed by atoms with van der Waals surface area (Å²) in [6.07, 6.45) is 5.14. The molecule has 0 spiro atoms. The monoisotopic (exact) mass is 240 g/mol. The lowest BCUT2D eigenvalue weighted by Crippen LogP contribution is -1.95. The SMILES string of the molecule is COc1ccccc1-c1nc2cnccn2c1N. The third kappa shape index (κ3) is 1.48. The summed E-state index contributed by atoms with van der Waals surface area (Å²) in [4.78, 5) is 8.52. The van der Waals surface area contributed by atoms with E-state index >= 15 is 0 Å². The van der Waals surface area contributed by atoms with E-state index in [1.165, 1.54) is 0 Å². The molecule has 90 valence electrons. The first-order valence-electron chi connectivity index (χ1n) is 5.52. The van der Waals surface area contributed by atoms with Gasteiger partial charge in [0.1, 0.15) is 17.3 Å². The fourth-order valence-electron chi connectivity index (χ4n) is 1.96. The van der Waals surface area contributed by atoms with E-state index < -0.39 is 0 Å². The Morgan fingerprint density at radius 2 is 2.11 bits per heavy atom. The number of rotatable bonds is 2. The Morgan fingerprint density at radius 3 is 2.89 bits per heavy atom. The van der Waals surface area contributed by atoms with Crippen molar-refractivity contribution in [3.8, 4) is 17.0 Å². The Hall–Kier alpha value is -2.56. The van der Waals surface area contributed by atoms with Crippen LogP contribution in [-0.2, 0) is 0 Å². The fourth-order valence-corrected chi connectivity index (χ4v) is 1.96. The van der Waals surface area contributed by atoms with Crippen LogP contribution in [0.3, 0.4) is 0 Å². The number of benzene rings is 1. The maximum atomic E-state index is 6.11. The van der Waals surface area contributed by atoms with Crippen molar-refractivity contribution in [2.24, 2.45) is 0 Å². The molecule has 0 radical (unpaired) electrons. The van der Waals surface area contributed by atoms with Crippen LogP contribution >= 0.6 is 0 Å². The number of anilines is 1. The minimum atomic E-state index is 0.580. The molecule has 5 nitrogen and oxygen atoms in total. The summed E-state index contributed by atoms with van der Waals surface area (Å²) < 4.78 is 7.13. The van der Waals surface area contributed by atoms with E-state index in [4.69, 9.17) is 10.5 Å². The lowest BCUT2D eigenvalue weighted by molar-refractivity contribution is 0.416. The maximum absolute atomic E-state index is 6.11. The van der Waals surface area contributed by atoms with Gasteiger partial charge in [-0.15, -0.1) is 0 Å². The van der Waals surface area contributed by atoms with Crippen molar-refractivity contribution in [2.45, 2.75) is 0 Å². The zero-order chi connectivity index (χ0) is 12.5.